The summed E-state index contributed by atoms with van der Waals surface area (Å²) in [7, 11) is 0. The molecule has 2 N–H and O–H groups in total. The summed E-state index contributed by atoms with van der Waals surface area (Å²) in [6.45, 7) is 0. The molecule has 0 bridgehead atoms. The van der Waals surface area contributed by atoms with Crippen LogP contribution in [0.4, 0.5) is 0 Å². The summed E-state index contributed by atoms with van der Waals surface area (Å²) in [6.07, 6.45) is 3.65. The smallest absolute Gasteiger partial charge is 0.134 e. The Hall–Kier alpha value is -1.12. The molecule has 1 saturated carbocycles. The molecule has 0 aliphatic heterocycles. The van der Waals surface area contributed by atoms with Crippen molar-refractivity contribution < 1.29 is 0 Å². The molecule has 0 unspecified atom stereocenters. The largest absolute Gasteiger partial charge is 0.324 e. The predicted octanol–water partition coefficient (Wildman–Crippen LogP) is 3.69. The summed E-state index contributed by atoms with van der Waals surface area (Å²) in [5.74, 6) is 0.799. The third-order valence-corrected chi connectivity index (χ3v) is 3.69. The van der Waals surface area contributed by atoms with E-state index >= 15 is 0 Å². The van der Waals surface area contributed by atoms with Gasteiger partial charge in [0.25, 0.3) is 0 Å². The minimum Gasteiger partial charge on any atom is -0.324 e. The lowest BCUT2D eigenvalue weighted by Crippen LogP contribution is -2.12. The van der Waals surface area contributed by atoms with E-state index in [1.54, 1.807) is 0 Å². The Balaban J connectivity index is 1.99. The van der Waals surface area contributed by atoms with Crippen LogP contribution in [-0.2, 0) is 0 Å². The van der Waals surface area contributed by atoms with E-state index in [-0.39, 0.29) is 6.04 Å². The van der Waals surface area contributed by atoms with Crippen molar-refractivity contribution in [3.05, 3.63) is 41.0 Å². The predicted molar refractivity (Wildman–Crippen MR) is 71.0 cm³/mol. The van der Waals surface area contributed by atoms with Crippen molar-refractivity contribution in [1.82, 2.24) is 4.98 Å². The quantitative estimate of drug-likeness (QED) is 0.839. The van der Waals surface area contributed by atoms with Crippen LogP contribution in [0, 0.1) is 5.92 Å². The second-order valence-corrected chi connectivity index (χ2v) is 5.20. The Kier molecular flexibility index (Phi) is 2.77. The molecule has 88 valence electrons. The molecular weight excluding hydrogens is 232 g/mol. The van der Waals surface area contributed by atoms with E-state index in [1.165, 1.54) is 12.8 Å². The van der Waals surface area contributed by atoms with Crippen LogP contribution < -0.4 is 5.73 Å². The second-order valence-electron chi connectivity index (χ2n) is 4.85. The van der Waals surface area contributed by atoms with Crippen LogP contribution in [0.15, 0.2) is 30.3 Å². The van der Waals surface area contributed by atoms with Gasteiger partial charge in [-0.25, -0.2) is 4.98 Å². The molecule has 2 aromatic rings. The van der Waals surface area contributed by atoms with Gasteiger partial charge in [-0.15, -0.1) is 0 Å². The Morgan fingerprint density at radius 3 is 2.88 bits per heavy atom. The molecule has 1 aromatic carbocycles. The summed E-state index contributed by atoms with van der Waals surface area (Å²) in [4.78, 5) is 4.41. The molecule has 1 atom stereocenters. The highest BCUT2D eigenvalue weighted by molar-refractivity contribution is 6.30. The Morgan fingerprint density at radius 1 is 1.35 bits per heavy atom. The Morgan fingerprint density at radius 2 is 2.12 bits per heavy atom. The molecule has 1 aliphatic carbocycles. The second kappa shape index (κ2) is 4.28. The van der Waals surface area contributed by atoms with E-state index in [0.717, 1.165) is 28.8 Å². The minimum absolute atomic E-state index is 0.0205. The zero-order valence-corrected chi connectivity index (χ0v) is 10.3. The van der Waals surface area contributed by atoms with Gasteiger partial charge in [-0.1, -0.05) is 42.6 Å². The number of halogens is 1. The number of pyridine rings is 1. The van der Waals surface area contributed by atoms with Crippen molar-refractivity contribution in [3.8, 4) is 0 Å². The van der Waals surface area contributed by atoms with Gasteiger partial charge in [-0.3, -0.25) is 0 Å². The van der Waals surface area contributed by atoms with Crippen molar-refractivity contribution in [2.75, 3.05) is 0 Å². The molecule has 1 fully saturated rings. The van der Waals surface area contributed by atoms with Crippen LogP contribution in [0.3, 0.4) is 0 Å². The lowest BCUT2D eigenvalue weighted by Gasteiger charge is -2.13. The molecule has 0 saturated heterocycles. The number of para-hydroxylation sites is 1. The highest BCUT2D eigenvalue weighted by atomic mass is 35.5. The maximum Gasteiger partial charge on any atom is 0.134 e. The van der Waals surface area contributed by atoms with E-state index in [1.807, 2.05) is 24.3 Å². The van der Waals surface area contributed by atoms with Crippen LogP contribution in [0.2, 0.25) is 5.15 Å². The molecule has 1 aromatic heterocycles. The SMILES string of the molecule is N[C@@H](CC1CC1)c1cc2ccccc2nc1Cl. The lowest BCUT2D eigenvalue weighted by molar-refractivity contribution is 0.596. The monoisotopic (exact) mass is 246 g/mol. The first-order chi connectivity index (χ1) is 8.24. The first-order valence-corrected chi connectivity index (χ1v) is 6.42. The number of benzene rings is 1. The lowest BCUT2D eigenvalue weighted by atomic mass is 10.0. The van der Waals surface area contributed by atoms with Crippen LogP contribution in [0.1, 0.15) is 30.9 Å². The highest BCUT2D eigenvalue weighted by Crippen LogP contribution is 2.38. The molecule has 1 heterocycles. The van der Waals surface area contributed by atoms with Crippen molar-refractivity contribution >= 4 is 22.5 Å². The number of rotatable bonds is 3. The Bertz CT molecular complexity index is 549. The van der Waals surface area contributed by atoms with Crippen LogP contribution in [0.5, 0.6) is 0 Å². The summed E-state index contributed by atoms with van der Waals surface area (Å²) in [6, 6.07) is 10.1. The number of nitrogens with zero attached hydrogens (tertiary/aromatic N) is 1. The average Bonchev–Trinajstić information content (AvgIpc) is 3.12. The molecule has 0 spiro atoms. The van der Waals surface area contributed by atoms with Crippen LogP contribution in [0.25, 0.3) is 10.9 Å². The topological polar surface area (TPSA) is 38.9 Å². The fraction of sp³-hybridized carbons (Fsp3) is 0.357. The molecular formula is C14H15ClN2. The molecule has 17 heavy (non-hydrogen) atoms. The summed E-state index contributed by atoms with van der Waals surface area (Å²) >= 11 is 6.21. The molecule has 1 aliphatic rings. The van der Waals surface area contributed by atoms with E-state index in [0.29, 0.717) is 5.15 Å². The standard InChI is InChI=1S/C14H15ClN2/c15-14-11(12(16)7-9-5-6-9)8-10-3-1-2-4-13(10)17-14/h1-4,8-9,12H,5-7,16H2/t12-/m0/s1. The number of fused-ring (bicyclic) bond motifs is 1. The number of nitrogens with two attached hydrogens (primary N) is 1. The van der Waals surface area contributed by atoms with Crippen molar-refractivity contribution in [3.63, 3.8) is 0 Å². The number of hydrogen-bond donors (Lipinski definition) is 1. The van der Waals surface area contributed by atoms with E-state index in [2.05, 4.69) is 11.1 Å². The van der Waals surface area contributed by atoms with Gasteiger partial charge in [0.15, 0.2) is 0 Å². The van der Waals surface area contributed by atoms with Crippen molar-refractivity contribution in [2.45, 2.75) is 25.3 Å². The molecule has 3 heteroatoms. The third kappa shape index (κ3) is 2.28. The van der Waals surface area contributed by atoms with Gasteiger partial charge < -0.3 is 5.73 Å². The first kappa shape index (κ1) is 11.0. The molecule has 0 radical (unpaired) electrons. The van der Waals surface area contributed by atoms with Gasteiger partial charge in [-0.05, 0) is 24.5 Å². The van der Waals surface area contributed by atoms with E-state index in [4.69, 9.17) is 17.3 Å². The van der Waals surface area contributed by atoms with Gasteiger partial charge in [0.1, 0.15) is 5.15 Å². The van der Waals surface area contributed by atoms with Gasteiger partial charge in [0.05, 0.1) is 5.52 Å². The van der Waals surface area contributed by atoms with E-state index in [9.17, 15) is 0 Å². The van der Waals surface area contributed by atoms with Gasteiger partial charge >= 0.3 is 0 Å². The van der Waals surface area contributed by atoms with E-state index < -0.39 is 0 Å². The normalized spacial score (nSPS) is 17.3. The maximum atomic E-state index is 6.21. The summed E-state index contributed by atoms with van der Waals surface area (Å²) < 4.78 is 0. The Labute approximate surface area is 106 Å². The van der Waals surface area contributed by atoms with Gasteiger partial charge in [-0.2, -0.15) is 0 Å². The van der Waals surface area contributed by atoms with Crippen molar-refractivity contribution in [2.24, 2.45) is 11.7 Å². The molecule has 2 nitrogen and oxygen atoms in total. The maximum absolute atomic E-state index is 6.21. The van der Waals surface area contributed by atoms with Crippen LogP contribution >= 0.6 is 11.6 Å². The fourth-order valence-corrected chi connectivity index (χ4v) is 2.49. The highest BCUT2D eigenvalue weighted by Gasteiger charge is 2.25. The molecule has 0 amide bonds. The first-order valence-electron chi connectivity index (χ1n) is 6.05. The van der Waals surface area contributed by atoms with Crippen molar-refractivity contribution in [1.29, 1.82) is 0 Å². The average molecular weight is 247 g/mol. The molecule has 3 rings (SSSR count). The minimum atomic E-state index is 0.0205. The fourth-order valence-electron chi connectivity index (χ4n) is 2.21. The number of hydrogen-bond acceptors (Lipinski definition) is 2. The summed E-state index contributed by atoms with van der Waals surface area (Å²) in [5.41, 5.74) is 8.12. The summed E-state index contributed by atoms with van der Waals surface area (Å²) in [5, 5.41) is 1.66. The zero-order valence-electron chi connectivity index (χ0n) is 9.57. The van der Waals surface area contributed by atoms with Crippen LogP contribution in [-0.4, -0.2) is 4.98 Å². The van der Waals surface area contributed by atoms with Gasteiger partial charge in [0.2, 0.25) is 0 Å². The third-order valence-electron chi connectivity index (χ3n) is 3.39. The van der Waals surface area contributed by atoms with Gasteiger partial charge in [0, 0.05) is 17.0 Å². The zero-order chi connectivity index (χ0) is 11.8. The number of aromatic nitrogens is 1.